The van der Waals surface area contributed by atoms with Crippen molar-refractivity contribution in [3.8, 4) is 0 Å². The molecule has 7 heteroatoms. The Hall–Kier alpha value is -2.38. The number of fused-ring (bicyclic) bond motifs is 1. The average Bonchev–Trinajstić information content (AvgIpc) is 2.67. The standard InChI is InChI=1S/C19H19BrN4O2/c1-23-17-4-2-14(20)10-13(17)11-16(19(23)25)22-18-5-3-15(12-21-18)24-6-8-26-9-7-24/h2-5,10-12H,6-9H2,1H3,(H,21,22). The molecule has 6 nitrogen and oxygen atoms in total. The maximum Gasteiger partial charge on any atom is 0.274 e. The third-order valence-corrected chi connectivity index (χ3v) is 5.07. The Kier molecular flexibility index (Phi) is 4.65. The summed E-state index contributed by atoms with van der Waals surface area (Å²) < 4.78 is 8.00. The quantitative estimate of drug-likeness (QED) is 0.712. The molecule has 0 amide bonds. The van der Waals surface area contributed by atoms with E-state index < -0.39 is 0 Å². The van der Waals surface area contributed by atoms with E-state index in [0.29, 0.717) is 11.5 Å². The molecule has 0 aliphatic carbocycles. The van der Waals surface area contributed by atoms with Crippen LogP contribution in [0.5, 0.6) is 0 Å². The largest absolute Gasteiger partial charge is 0.378 e. The number of nitrogens with one attached hydrogen (secondary N) is 1. The van der Waals surface area contributed by atoms with Gasteiger partial charge < -0.3 is 19.5 Å². The second kappa shape index (κ2) is 7.09. The fraction of sp³-hybridized carbons (Fsp3) is 0.263. The van der Waals surface area contributed by atoms with Gasteiger partial charge in [-0.25, -0.2) is 4.98 Å². The summed E-state index contributed by atoms with van der Waals surface area (Å²) in [6.07, 6.45) is 1.83. The lowest BCUT2D eigenvalue weighted by molar-refractivity contribution is 0.122. The van der Waals surface area contributed by atoms with E-state index in [4.69, 9.17) is 4.74 Å². The molecule has 26 heavy (non-hydrogen) atoms. The second-order valence-corrected chi connectivity index (χ2v) is 7.17. The Balaban J connectivity index is 1.62. The van der Waals surface area contributed by atoms with Crippen molar-refractivity contribution in [3.05, 3.63) is 57.4 Å². The van der Waals surface area contributed by atoms with Gasteiger partial charge in [0.2, 0.25) is 0 Å². The van der Waals surface area contributed by atoms with Crippen molar-refractivity contribution in [2.45, 2.75) is 0 Å². The van der Waals surface area contributed by atoms with Crippen LogP contribution in [0.25, 0.3) is 10.9 Å². The Morgan fingerprint density at radius 3 is 2.69 bits per heavy atom. The maximum absolute atomic E-state index is 12.6. The normalized spacial score (nSPS) is 14.6. The van der Waals surface area contributed by atoms with Crippen molar-refractivity contribution < 1.29 is 4.74 Å². The third-order valence-electron chi connectivity index (χ3n) is 4.57. The molecule has 1 saturated heterocycles. The molecule has 4 rings (SSSR count). The molecule has 1 aliphatic rings. The Morgan fingerprint density at radius 2 is 1.96 bits per heavy atom. The molecule has 2 aromatic heterocycles. The first kappa shape index (κ1) is 17.1. The fourth-order valence-corrected chi connectivity index (χ4v) is 3.53. The molecule has 0 unspecified atom stereocenters. The number of aryl methyl sites for hydroxylation is 1. The van der Waals surface area contributed by atoms with Crippen molar-refractivity contribution in [2.75, 3.05) is 36.5 Å². The van der Waals surface area contributed by atoms with Crippen LogP contribution in [0.15, 0.2) is 51.9 Å². The van der Waals surface area contributed by atoms with Crippen LogP contribution in [-0.2, 0) is 11.8 Å². The number of aromatic nitrogens is 2. The molecule has 0 atom stereocenters. The number of hydrogen-bond acceptors (Lipinski definition) is 5. The lowest BCUT2D eigenvalue weighted by Gasteiger charge is -2.28. The van der Waals surface area contributed by atoms with Crippen molar-refractivity contribution in [2.24, 2.45) is 7.05 Å². The first-order chi connectivity index (χ1) is 12.6. The highest BCUT2D eigenvalue weighted by Gasteiger charge is 2.12. The second-order valence-electron chi connectivity index (χ2n) is 6.25. The molecule has 1 aliphatic heterocycles. The molecule has 3 aromatic rings. The van der Waals surface area contributed by atoms with Crippen molar-refractivity contribution in [1.29, 1.82) is 0 Å². The van der Waals surface area contributed by atoms with Crippen LogP contribution in [0.3, 0.4) is 0 Å². The molecule has 0 radical (unpaired) electrons. The van der Waals surface area contributed by atoms with Gasteiger partial charge in [-0.2, -0.15) is 0 Å². The van der Waals surface area contributed by atoms with Gasteiger partial charge in [0.1, 0.15) is 11.5 Å². The monoisotopic (exact) mass is 414 g/mol. The maximum atomic E-state index is 12.6. The van der Waals surface area contributed by atoms with E-state index in [9.17, 15) is 4.79 Å². The van der Waals surface area contributed by atoms with Crippen molar-refractivity contribution >= 4 is 44.0 Å². The van der Waals surface area contributed by atoms with Crippen LogP contribution in [0.2, 0.25) is 0 Å². The molecule has 1 fully saturated rings. The summed E-state index contributed by atoms with van der Waals surface area (Å²) in [5, 5.41) is 4.13. The smallest absolute Gasteiger partial charge is 0.274 e. The highest BCUT2D eigenvalue weighted by molar-refractivity contribution is 9.10. The van der Waals surface area contributed by atoms with Crippen LogP contribution >= 0.6 is 15.9 Å². The van der Waals surface area contributed by atoms with E-state index in [2.05, 4.69) is 31.1 Å². The predicted octanol–water partition coefficient (Wildman–Crippen LogP) is 3.28. The zero-order chi connectivity index (χ0) is 18.1. The van der Waals surface area contributed by atoms with Crippen LogP contribution in [0.1, 0.15) is 0 Å². The summed E-state index contributed by atoms with van der Waals surface area (Å²) in [6.45, 7) is 3.22. The highest BCUT2D eigenvalue weighted by atomic mass is 79.9. The number of benzene rings is 1. The number of nitrogens with zero attached hydrogens (tertiary/aromatic N) is 3. The van der Waals surface area contributed by atoms with Crippen molar-refractivity contribution in [1.82, 2.24) is 9.55 Å². The van der Waals surface area contributed by atoms with E-state index in [1.807, 2.05) is 42.6 Å². The Labute approximate surface area is 159 Å². The fourth-order valence-electron chi connectivity index (χ4n) is 3.15. The number of pyridine rings is 2. The summed E-state index contributed by atoms with van der Waals surface area (Å²) in [4.78, 5) is 19.3. The van der Waals surface area contributed by atoms with Gasteiger partial charge in [0.15, 0.2) is 0 Å². The third kappa shape index (κ3) is 3.32. The summed E-state index contributed by atoms with van der Waals surface area (Å²) >= 11 is 3.48. The number of halogens is 1. The predicted molar refractivity (Wildman–Crippen MR) is 107 cm³/mol. The lowest BCUT2D eigenvalue weighted by Crippen LogP contribution is -2.36. The Bertz CT molecular complexity index is 995. The van der Waals surface area contributed by atoms with E-state index in [0.717, 1.165) is 47.4 Å². The van der Waals surface area contributed by atoms with Gasteiger partial charge in [0.05, 0.1) is 30.6 Å². The van der Waals surface area contributed by atoms with Gasteiger partial charge in [-0.3, -0.25) is 4.79 Å². The Morgan fingerprint density at radius 1 is 1.15 bits per heavy atom. The summed E-state index contributed by atoms with van der Waals surface area (Å²) in [6, 6.07) is 11.6. The molecular weight excluding hydrogens is 396 g/mol. The van der Waals surface area contributed by atoms with E-state index >= 15 is 0 Å². The van der Waals surface area contributed by atoms with E-state index in [1.54, 1.807) is 11.6 Å². The number of morpholine rings is 1. The van der Waals surface area contributed by atoms with Crippen LogP contribution in [0.4, 0.5) is 17.2 Å². The van der Waals surface area contributed by atoms with Gasteiger partial charge in [-0.05, 0) is 36.4 Å². The number of rotatable bonds is 3. The van der Waals surface area contributed by atoms with Crippen molar-refractivity contribution in [3.63, 3.8) is 0 Å². The average molecular weight is 415 g/mol. The zero-order valence-corrected chi connectivity index (χ0v) is 16.0. The SMILES string of the molecule is Cn1c(=O)c(Nc2ccc(N3CCOCC3)cn2)cc2cc(Br)ccc21. The summed E-state index contributed by atoms with van der Waals surface area (Å²) in [5.41, 5.74) is 2.37. The van der Waals surface area contributed by atoms with Gasteiger partial charge in [-0.15, -0.1) is 0 Å². The molecule has 1 aromatic carbocycles. The minimum Gasteiger partial charge on any atom is -0.378 e. The number of hydrogen-bond donors (Lipinski definition) is 1. The zero-order valence-electron chi connectivity index (χ0n) is 14.4. The molecular formula is C19H19BrN4O2. The molecule has 0 spiro atoms. The molecule has 0 bridgehead atoms. The van der Waals surface area contributed by atoms with Gasteiger partial charge in [0, 0.05) is 30.0 Å². The number of ether oxygens (including phenoxy) is 1. The van der Waals surface area contributed by atoms with Crippen LogP contribution in [0, 0.1) is 0 Å². The lowest BCUT2D eigenvalue weighted by atomic mass is 10.2. The topological polar surface area (TPSA) is 59.4 Å². The molecule has 134 valence electrons. The van der Waals surface area contributed by atoms with E-state index in [-0.39, 0.29) is 5.56 Å². The molecule has 0 saturated carbocycles. The van der Waals surface area contributed by atoms with Crippen LogP contribution < -0.4 is 15.8 Å². The minimum atomic E-state index is -0.0844. The summed E-state index contributed by atoms with van der Waals surface area (Å²) in [7, 11) is 1.78. The minimum absolute atomic E-state index is 0.0844. The highest BCUT2D eigenvalue weighted by Crippen LogP contribution is 2.23. The van der Waals surface area contributed by atoms with Gasteiger partial charge in [-0.1, -0.05) is 15.9 Å². The van der Waals surface area contributed by atoms with E-state index in [1.165, 1.54) is 0 Å². The van der Waals surface area contributed by atoms with Crippen LogP contribution in [-0.4, -0.2) is 35.9 Å². The first-order valence-electron chi connectivity index (χ1n) is 8.47. The number of anilines is 3. The summed E-state index contributed by atoms with van der Waals surface area (Å²) in [5.74, 6) is 0.647. The van der Waals surface area contributed by atoms with Gasteiger partial charge in [0.25, 0.3) is 5.56 Å². The van der Waals surface area contributed by atoms with Gasteiger partial charge >= 0.3 is 0 Å². The molecule has 3 heterocycles. The first-order valence-corrected chi connectivity index (χ1v) is 9.26. The molecule has 1 N–H and O–H groups in total.